The first-order valence-corrected chi connectivity index (χ1v) is 11.6. The Bertz CT molecular complexity index is 912. The Kier molecular flexibility index (Phi) is 7.43. The highest BCUT2D eigenvalue weighted by Crippen LogP contribution is 2.27. The van der Waals surface area contributed by atoms with Gasteiger partial charge in [0.25, 0.3) is 0 Å². The van der Waals surface area contributed by atoms with Crippen LogP contribution in [-0.2, 0) is 16.0 Å². The van der Waals surface area contributed by atoms with Crippen LogP contribution in [0.25, 0.3) is 0 Å². The zero-order valence-electron chi connectivity index (χ0n) is 18.8. The maximum absolute atomic E-state index is 13.1. The molecule has 32 heavy (non-hydrogen) atoms. The van der Waals surface area contributed by atoms with Crippen LogP contribution >= 0.6 is 0 Å². The molecule has 2 saturated heterocycles. The third kappa shape index (κ3) is 5.30. The number of benzene rings is 2. The molecule has 6 heteroatoms. The van der Waals surface area contributed by atoms with E-state index in [1.807, 2.05) is 42.5 Å². The van der Waals surface area contributed by atoms with Gasteiger partial charge < -0.3 is 15.0 Å². The van der Waals surface area contributed by atoms with Crippen molar-refractivity contribution in [1.82, 2.24) is 15.1 Å². The van der Waals surface area contributed by atoms with Crippen LogP contribution in [0, 0.1) is 0 Å². The Morgan fingerprint density at radius 2 is 1.81 bits per heavy atom. The molecule has 0 saturated carbocycles. The summed E-state index contributed by atoms with van der Waals surface area (Å²) in [5.74, 6) is 0.806. The van der Waals surface area contributed by atoms with E-state index in [2.05, 4.69) is 22.3 Å². The standard InChI is InChI=1S/C26H33N3O3/c1-32-22-12-7-11-21(18-22)24(28-14-5-6-15-28)19-27-26(31)23-13-8-16-29(23)25(30)17-20-9-3-2-4-10-20/h2-4,7,9-12,18,23-24H,5-6,8,13-17,19H2,1H3,(H,27,31). The first-order chi connectivity index (χ1) is 15.7. The molecular weight excluding hydrogens is 402 g/mol. The molecule has 1 N–H and O–H groups in total. The monoisotopic (exact) mass is 435 g/mol. The van der Waals surface area contributed by atoms with Gasteiger partial charge in [0.15, 0.2) is 0 Å². The van der Waals surface area contributed by atoms with Gasteiger partial charge in [0.1, 0.15) is 11.8 Å². The molecule has 2 aromatic rings. The van der Waals surface area contributed by atoms with Gasteiger partial charge in [0, 0.05) is 13.1 Å². The lowest BCUT2D eigenvalue weighted by Gasteiger charge is -2.30. The summed E-state index contributed by atoms with van der Waals surface area (Å²) in [7, 11) is 1.67. The van der Waals surface area contributed by atoms with E-state index in [9.17, 15) is 9.59 Å². The number of hydrogen-bond donors (Lipinski definition) is 1. The molecule has 2 aromatic carbocycles. The van der Waals surface area contributed by atoms with E-state index in [0.29, 0.717) is 19.5 Å². The third-order valence-electron chi connectivity index (χ3n) is 6.60. The molecule has 2 aliphatic heterocycles. The number of likely N-dealkylation sites (tertiary alicyclic amines) is 2. The number of carbonyl (C=O) groups is 2. The Hall–Kier alpha value is -2.86. The average Bonchev–Trinajstić information content (AvgIpc) is 3.53. The van der Waals surface area contributed by atoms with Gasteiger partial charge in [-0.05, 0) is 62.0 Å². The zero-order valence-corrected chi connectivity index (χ0v) is 18.8. The predicted octanol–water partition coefficient (Wildman–Crippen LogP) is 3.18. The number of nitrogens with one attached hydrogen (secondary N) is 1. The molecule has 4 rings (SSSR count). The summed E-state index contributed by atoms with van der Waals surface area (Å²) in [5.41, 5.74) is 2.13. The minimum atomic E-state index is -0.379. The highest BCUT2D eigenvalue weighted by atomic mass is 16.5. The summed E-state index contributed by atoms with van der Waals surface area (Å²) in [4.78, 5) is 30.2. The highest BCUT2D eigenvalue weighted by Gasteiger charge is 2.34. The fourth-order valence-electron chi connectivity index (χ4n) is 4.88. The van der Waals surface area contributed by atoms with Crippen LogP contribution in [0.1, 0.15) is 42.9 Å². The number of ether oxygens (including phenoxy) is 1. The average molecular weight is 436 g/mol. The van der Waals surface area contributed by atoms with Crippen LogP contribution in [0.15, 0.2) is 54.6 Å². The van der Waals surface area contributed by atoms with E-state index in [1.165, 1.54) is 12.8 Å². The largest absolute Gasteiger partial charge is 0.497 e. The summed E-state index contributed by atoms with van der Waals surface area (Å²) in [6, 6.07) is 17.6. The van der Waals surface area contributed by atoms with E-state index >= 15 is 0 Å². The van der Waals surface area contributed by atoms with Crippen molar-refractivity contribution in [2.45, 2.75) is 44.2 Å². The number of methoxy groups -OCH3 is 1. The van der Waals surface area contributed by atoms with Gasteiger partial charge in [-0.3, -0.25) is 14.5 Å². The van der Waals surface area contributed by atoms with Crippen LogP contribution < -0.4 is 10.1 Å². The molecule has 0 aromatic heterocycles. The van der Waals surface area contributed by atoms with Crippen molar-refractivity contribution in [3.8, 4) is 5.75 Å². The lowest BCUT2D eigenvalue weighted by Crippen LogP contribution is -2.48. The fraction of sp³-hybridized carbons (Fsp3) is 0.462. The lowest BCUT2D eigenvalue weighted by molar-refractivity contribution is -0.138. The second kappa shape index (κ2) is 10.6. The first-order valence-electron chi connectivity index (χ1n) is 11.6. The Morgan fingerprint density at radius 3 is 2.56 bits per heavy atom. The van der Waals surface area contributed by atoms with Crippen molar-refractivity contribution >= 4 is 11.8 Å². The summed E-state index contributed by atoms with van der Waals surface area (Å²) < 4.78 is 5.41. The van der Waals surface area contributed by atoms with Gasteiger partial charge in [0.05, 0.1) is 19.6 Å². The van der Waals surface area contributed by atoms with E-state index in [0.717, 1.165) is 42.8 Å². The predicted molar refractivity (Wildman–Crippen MR) is 124 cm³/mol. The normalized spacial score (nSPS) is 19.7. The first kappa shape index (κ1) is 22.3. The quantitative estimate of drug-likeness (QED) is 0.692. The van der Waals surface area contributed by atoms with Gasteiger partial charge in [-0.15, -0.1) is 0 Å². The van der Waals surface area contributed by atoms with Gasteiger partial charge >= 0.3 is 0 Å². The van der Waals surface area contributed by atoms with Gasteiger partial charge in [-0.2, -0.15) is 0 Å². The molecular formula is C26H33N3O3. The minimum absolute atomic E-state index is 0.0257. The molecule has 2 aliphatic rings. The van der Waals surface area contributed by atoms with Crippen molar-refractivity contribution in [3.05, 3.63) is 65.7 Å². The van der Waals surface area contributed by atoms with Gasteiger partial charge in [-0.1, -0.05) is 42.5 Å². The van der Waals surface area contributed by atoms with Crippen LogP contribution in [0.5, 0.6) is 5.75 Å². The Morgan fingerprint density at radius 1 is 1.03 bits per heavy atom. The van der Waals surface area contributed by atoms with Crippen molar-refractivity contribution in [2.24, 2.45) is 0 Å². The second-order valence-electron chi connectivity index (χ2n) is 8.69. The van der Waals surface area contributed by atoms with E-state index < -0.39 is 0 Å². The molecule has 0 spiro atoms. The van der Waals surface area contributed by atoms with Crippen LogP contribution in [0.3, 0.4) is 0 Å². The van der Waals surface area contributed by atoms with Crippen molar-refractivity contribution in [3.63, 3.8) is 0 Å². The minimum Gasteiger partial charge on any atom is -0.497 e. The third-order valence-corrected chi connectivity index (χ3v) is 6.60. The summed E-state index contributed by atoms with van der Waals surface area (Å²) in [6.45, 7) is 3.24. The van der Waals surface area contributed by atoms with Crippen molar-refractivity contribution in [1.29, 1.82) is 0 Å². The number of hydrogen-bond acceptors (Lipinski definition) is 4. The summed E-state index contributed by atoms with van der Waals surface area (Å²) in [6.07, 6.45) is 4.28. The van der Waals surface area contributed by atoms with Crippen LogP contribution in [0.4, 0.5) is 0 Å². The van der Waals surface area contributed by atoms with Crippen LogP contribution in [-0.4, -0.2) is 60.9 Å². The lowest BCUT2D eigenvalue weighted by atomic mass is 10.0. The van der Waals surface area contributed by atoms with Crippen molar-refractivity contribution in [2.75, 3.05) is 33.3 Å². The Balaban J connectivity index is 1.41. The Labute approximate surface area is 190 Å². The zero-order chi connectivity index (χ0) is 22.3. The summed E-state index contributed by atoms with van der Waals surface area (Å²) >= 11 is 0. The maximum atomic E-state index is 13.1. The SMILES string of the molecule is COc1cccc(C(CNC(=O)C2CCCN2C(=O)Cc2ccccc2)N2CCCC2)c1. The van der Waals surface area contributed by atoms with Crippen molar-refractivity contribution < 1.29 is 14.3 Å². The molecule has 0 aliphatic carbocycles. The smallest absolute Gasteiger partial charge is 0.242 e. The number of carbonyl (C=O) groups excluding carboxylic acids is 2. The molecule has 2 heterocycles. The molecule has 2 amide bonds. The topological polar surface area (TPSA) is 61.9 Å². The number of rotatable bonds is 8. The van der Waals surface area contributed by atoms with Gasteiger partial charge in [-0.25, -0.2) is 0 Å². The molecule has 2 fully saturated rings. The molecule has 0 radical (unpaired) electrons. The van der Waals surface area contributed by atoms with E-state index in [-0.39, 0.29) is 23.9 Å². The molecule has 6 nitrogen and oxygen atoms in total. The van der Waals surface area contributed by atoms with Crippen LogP contribution in [0.2, 0.25) is 0 Å². The second-order valence-corrected chi connectivity index (χ2v) is 8.69. The number of nitrogens with zero attached hydrogens (tertiary/aromatic N) is 2. The number of amides is 2. The molecule has 2 atom stereocenters. The molecule has 2 unspecified atom stereocenters. The summed E-state index contributed by atoms with van der Waals surface area (Å²) in [5, 5.41) is 3.17. The van der Waals surface area contributed by atoms with E-state index in [4.69, 9.17) is 4.74 Å². The van der Waals surface area contributed by atoms with Gasteiger partial charge in [0.2, 0.25) is 11.8 Å². The molecule has 0 bridgehead atoms. The van der Waals surface area contributed by atoms with E-state index in [1.54, 1.807) is 12.0 Å². The maximum Gasteiger partial charge on any atom is 0.242 e. The molecule has 170 valence electrons. The highest BCUT2D eigenvalue weighted by molar-refractivity contribution is 5.89. The fourth-order valence-corrected chi connectivity index (χ4v) is 4.88.